The molecule has 3 heterocycles. The van der Waals surface area contributed by atoms with E-state index in [4.69, 9.17) is 18.9 Å². The summed E-state index contributed by atoms with van der Waals surface area (Å²) in [6.45, 7) is 2.09. The number of phenols is 2. The fourth-order valence-electron chi connectivity index (χ4n) is 10.0. The number of ketones is 1. The van der Waals surface area contributed by atoms with Crippen LogP contribution in [0.1, 0.15) is 76.8 Å². The van der Waals surface area contributed by atoms with E-state index < -0.39 is 60.1 Å². The van der Waals surface area contributed by atoms with E-state index in [1.165, 1.54) is 17.7 Å². The van der Waals surface area contributed by atoms with Crippen molar-refractivity contribution in [2.24, 2.45) is 23.2 Å². The van der Waals surface area contributed by atoms with Crippen LogP contribution < -0.4 is 4.74 Å². The maximum Gasteiger partial charge on any atom is 0.335 e. The van der Waals surface area contributed by atoms with Crippen molar-refractivity contribution in [2.45, 2.75) is 88.5 Å². The Kier molecular flexibility index (Phi) is 13.0. The predicted molar refractivity (Wildman–Crippen MR) is 214 cm³/mol. The van der Waals surface area contributed by atoms with E-state index in [1.807, 2.05) is 30.3 Å². The van der Waals surface area contributed by atoms with E-state index >= 15 is 0 Å². The average Bonchev–Trinajstić information content (AvgIpc) is 3.24. The monoisotopic (exact) mass is 828 g/mol. The molecule has 4 aliphatic rings. The van der Waals surface area contributed by atoms with Gasteiger partial charge in [0.2, 0.25) is 6.29 Å². The van der Waals surface area contributed by atoms with Gasteiger partial charge in [0, 0.05) is 41.8 Å². The first kappa shape index (κ1) is 42.0. The lowest BCUT2D eigenvalue weighted by Crippen LogP contribution is -2.69. The van der Waals surface area contributed by atoms with Gasteiger partial charge in [0.1, 0.15) is 47.1 Å². The van der Waals surface area contributed by atoms with Crippen LogP contribution in [0.3, 0.4) is 0 Å². The van der Waals surface area contributed by atoms with Gasteiger partial charge in [0.15, 0.2) is 5.78 Å². The third-order valence-electron chi connectivity index (χ3n) is 12.8. The lowest BCUT2D eigenvalue weighted by molar-refractivity contribution is -0.323. The number of Topliss-reactive ketones (excluding diaryl/α,β-unsaturated/α-hetero) is 1. The third kappa shape index (κ3) is 7.99. The summed E-state index contributed by atoms with van der Waals surface area (Å²) in [6.07, 6.45) is -1.57. The molecule has 3 aliphatic heterocycles. The first-order chi connectivity index (χ1) is 27.4. The number of fused-ring (bicyclic) bond motifs is 1. The van der Waals surface area contributed by atoms with Crippen molar-refractivity contribution in [2.75, 3.05) is 38.1 Å². The summed E-state index contributed by atoms with van der Waals surface area (Å²) in [4.78, 5) is 25.9. The number of aryl methyl sites for hydroxylation is 1. The number of rotatable bonds is 10. The molecule has 1 spiro atoms. The van der Waals surface area contributed by atoms with Crippen LogP contribution >= 0.6 is 21.6 Å². The molecule has 57 heavy (non-hydrogen) atoms. The second-order valence-electron chi connectivity index (χ2n) is 16.0. The van der Waals surface area contributed by atoms with Crippen molar-refractivity contribution in [1.29, 1.82) is 0 Å². The summed E-state index contributed by atoms with van der Waals surface area (Å²) < 4.78 is 25.0. The van der Waals surface area contributed by atoms with Gasteiger partial charge in [-0.25, -0.2) is 4.79 Å². The number of aromatic hydroxyl groups is 2. The van der Waals surface area contributed by atoms with Gasteiger partial charge in [0.25, 0.3) is 0 Å². The maximum absolute atomic E-state index is 13.6. The SMILES string of the molecule is Cc1c(C(=O)CCc2ccccc2)c(O)c2c(O[C@H]3O[C@H](CO)[C@@]4(CC[C@@H]5CCC[C@@H]6COC[C@](CCO)(CSSCO4)[C@H]56)[C@H](O)[C@H]3O)cc(C(=O)O)cc2c1O. The van der Waals surface area contributed by atoms with E-state index in [2.05, 4.69) is 0 Å². The molecule has 310 valence electrons. The number of aromatic carboxylic acids is 1. The number of benzene rings is 3. The average molecular weight is 829 g/mol. The Morgan fingerprint density at radius 1 is 1.00 bits per heavy atom. The summed E-state index contributed by atoms with van der Waals surface area (Å²) in [6, 6.07) is 11.5. The van der Waals surface area contributed by atoms with Crippen LogP contribution in [0.2, 0.25) is 0 Å². The number of aliphatic hydroxyl groups excluding tert-OH is 4. The fraction of sp³-hybridized carbons (Fsp3) is 0.571. The standard InChI is InChI=1S/C42H52O13S2/c1-23-32(29(45)11-10-24-6-3-2-4-7-24)36(47)33-28(35(23)46)16-27(39(50)51)17-30(33)54-40-37(48)38(49)42(31(18-44)55-40)13-12-25-8-5-9-26-19-52-20-41(14-15-43,34(25)26)21-56-57-22-53-42/h2-4,6-7,16-17,25-26,31,34,37-38,40,43-44,46-49H,5,8-15,18-22H2,1H3,(H,50,51)/t25-,26+,31+,34+,37+,38+,40-,41+,42-/m0/s1. The Hall–Kier alpha value is -3.12. The Bertz CT molecular complexity index is 1920. The highest BCUT2D eigenvalue weighted by Crippen LogP contribution is 2.55. The molecular weight excluding hydrogens is 777 g/mol. The van der Waals surface area contributed by atoms with Gasteiger partial charge in [0.05, 0.1) is 29.7 Å². The number of aliphatic hydroxyl groups is 4. The molecule has 9 atom stereocenters. The second-order valence-corrected chi connectivity index (χ2v) is 18.4. The number of carbonyl (C=O) groups excluding carboxylic acids is 1. The molecule has 3 aromatic rings. The van der Waals surface area contributed by atoms with E-state index in [1.54, 1.807) is 10.8 Å². The highest BCUT2D eigenvalue weighted by Gasteiger charge is 2.59. The molecule has 13 nitrogen and oxygen atoms in total. The summed E-state index contributed by atoms with van der Waals surface area (Å²) in [5.41, 5.74) is -1.34. The summed E-state index contributed by atoms with van der Waals surface area (Å²) in [5, 5.41) is 77.7. The summed E-state index contributed by atoms with van der Waals surface area (Å²) in [7, 11) is 3.04. The van der Waals surface area contributed by atoms with Crippen molar-refractivity contribution in [3.8, 4) is 17.2 Å². The van der Waals surface area contributed by atoms with E-state index in [0.717, 1.165) is 42.7 Å². The van der Waals surface area contributed by atoms with Gasteiger partial charge >= 0.3 is 5.97 Å². The number of phenolic OH excluding ortho intramolecular Hbond substituents is 2. The van der Waals surface area contributed by atoms with E-state index in [9.17, 15) is 45.3 Å². The Labute approximate surface area is 339 Å². The van der Waals surface area contributed by atoms with Crippen molar-refractivity contribution in [3.63, 3.8) is 0 Å². The van der Waals surface area contributed by atoms with Crippen LogP contribution in [-0.2, 0) is 20.6 Å². The minimum absolute atomic E-state index is 0.00108. The zero-order valence-corrected chi connectivity index (χ0v) is 33.5. The van der Waals surface area contributed by atoms with Gasteiger partial charge in [-0.15, -0.1) is 0 Å². The number of ether oxygens (including phenoxy) is 4. The Morgan fingerprint density at radius 2 is 1.77 bits per heavy atom. The van der Waals surface area contributed by atoms with Crippen LogP contribution in [-0.4, -0.2) is 116 Å². The Balaban J connectivity index is 1.21. The normalized spacial score (nSPS) is 32.0. The Morgan fingerprint density at radius 3 is 2.51 bits per heavy atom. The number of carboxylic acid groups (broad SMARTS) is 1. The highest BCUT2D eigenvalue weighted by atomic mass is 33.1. The molecule has 0 amide bonds. The zero-order chi connectivity index (χ0) is 40.5. The lowest BCUT2D eigenvalue weighted by Gasteiger charge is -2.54. The van der Waals surface area contributed by atoms with Crippen LogP contribution in [0.4, 0.5) is 0 Å². The number of carboxylic acids is 1. The molecule has 15 heteroatoms. The molecule has 0 radical (unpaired) electrons. The molecular formula is C42H52O13S2. The van der Waals surface area contributed by atoms with Crippen LogP contribution in [0, 0.1) is 30.1 Å². The van der Waals surface area contributed by atoms with Gasteiger partial charge in [-0.05, 0) is 74.5 Å². The summed E-state index contributed by atoms with van der Waals surface area (Å²) in [5.74, 6) is -1.53. The molecule has 0 bridgehead atoms. The van der Waals surface area contributed by atoms with Crippen LogP contribution in [0.25, 0.3) is 10.8 Å². The molecule has 7 rings (SSSR count). The summed E-state index contributed by atoms with van der Waals surface area (Å²) >= 11 is 0. The van der Waals surface area contributed by atoms with Crippen molar-refractivity contribution in [3.05, 3.63) is 64.7 Å². The topological polar surface area (TPSA) is 213 Å². The largest absolute Gasteiger partial charge is 0.507 e. The molecule has 3 saturated heterocycles. The molecule has 0 aromatic heterocycles. The van der Waals surface area contributed by atoms with Crippen LogP contribution in [0.5, 0.6) is 17.2 Å². The second kappa shape index (κ2) is 17.6. The van der Waals surface area contributed by atoms with E-state index in [0.29, 0.717) is 38.4 Å². The number of hydrogen-bond donors (Lipinski definition) is 7. The smallest absolute Gasteiger partial charge is 0.335 e. The van der Waals surface area contributed by atoms with Crippen LogP contribution in [0.15, 0.2) is 42.5 Å². The molecule has 4 fully saturated rings. The minimum Gasteiger partial charge on any atom is -0.507 e. The maximum atomic E-state index is 13.6. The van der Waals surface area contributed by atoms with Gasteiger partial charge < -0.3 is 54.7 Å². The molecule has 1 aliphatic carbocycles. The number of carbonyl (C=O) groups is 2. The predicted octanol–water partition coefficient (Wildman–Crippen LogP) is 5.21. The molecule has 1 saturated carbocycles. The highest BCUT2D eigenvalue weighted by molar-refractivity contribution is 8.76. The quantitative estimate of drug-likeness (QED) is 0.0794. The van der Waals surface area contributed by atoms with Gasteiger partial charge in [-0.1, -0.05) is 64.8 Å². The lowest BCUT2D eigenvalue weighted by atomic mass is 9.56. The first-order valence-corrected chi connectivity index (χ1v) is 22.1. The molecule has 0 unspecified atom stereocenters. The van der Waals surface area contributed by atoms with Crippen molar-refractivity contribution >= 4 is 44.1 Å². The third-order valence-corrected chi connectivity index (χ3v) is 15.1. The molecule has 3 aromatic carbocycles. The minimum atomic E-state index is -1.79. The van der Waals surface area contributed by atoms with E-state index in [-0.39, 0.29) is 75.9 Å². The fourth-order valence-corrected chi connectivity index (χ4v) is 12.4. The van der Waals surface area contributed by atoms with Gasteiger partial charge in [-0.3, -0.25) is 4.79 Å². The molecule has 7 N–H and O–H groups in total. The zero-order valence-electron chi connectivity index (χ0n) is 31.9. The van der Waals surface area contributed by atoms with Gasteiger partial charge in [-0.2, -0.15) is 0 Å². The van der Waals surface area contributed by atoms with Crippen molar-refractivity contribution < 1.29 is 64.3 Å². The first-order valence-electron chi connectivity index (χ1n) is 19.6. The van der Waals surface area contributed by atoms with Crippen molar-refractivity contribution in [1.82, 2.24) is 0 Å². The number of hydrogen-bond acceptors (Lipinski definition) is 14.